The quantitative estimate of drug-likeness (QED) is 0.613. The molecule has 1 aromatic rings. The molecule has 1 aromatic carbocycles. The molecule has 3 nitrogen and oxygen atoms in total. The lowest BCUT2D eigenvalue weighted by Crippen LogP contribution is -2.39. The highest BCUT2D eigenvalue weighted by Gasteiger charge is 2.27. The van der Waals surface area contributed by atoms with Gasteiger partial charge in [0.2, 0.25) is 11.8 Å². The van der Waals surface area contributed by atoms with Gasteiger partial charge in [-0.05, 0) is 17.5 Å². The van der Waals surface area contributed by atoms with Crippen LogP contribution in [0.4, 0.5) is 0 Å². The molecule has 1 unspecified atom stereocenters. The molecule has 2 amide bonds. The molecular weight excluding hydrogens is 214 g/mol. The summed E-state index contributed by atoms with van der Waals surface area (Å²) in [7, 11) is 0. The zero-order valence-electron chi connectivity index (χ0n) is 9.40. The molecular formula is C14H13NO2. The number of piperidine rings is 1. The van der Waals surface area contributed by atoms with Crippen LogP contribution in [-0.4, -0.2) is 11.8 Å². The minimum Gasteiger partial charge on any atom is -0.296 e. The van der Waals surface area contributed by atoms with E-state index in [9.17, 15) is 9.59 Å². The molecule has 1 saturated heterocycles. The van der Waals surface area contributed by atoms with Crippen molar-refractivity contribution in [1.82, 2.24) is 5.32 Å². The molecule has 86 valence electrons. The van der Waals surface area contributed by atoms with E-state index < -0.39 is 0 Å². The number of hydrogen-bond acceptors (Lipinski definition) is 2. The fourth-order valence-corrected chi connectivity index (χ4v) is 2.05. The molecule has 1 aliphatic heterocycles. The van der Waals surface area contributed by atoms with Crippen LogP contribution in [0.25, 0.3) is 0 Å². The molecule has 0 radical (unpaired) electrons. The molecule has 1 fully saturated rings. The number of hydrogen-bond donors (Lipinski definition) is 1. The molecule has 1 atom stereocenters. The standard InChI is InChI=1S/C14H13NO2/c1-2-4-10-5-3-6-11(9-10)12-7-8-13(16)15-14(12)17/h1,3,5-6,9,12H,4,7-8H2,(H,15,16,17). The van der Waals surface area contributed by atoms with E-state index in [1.54, 1.807) is 0 Å². The third kappa shape index (κ3) is 2.54. The van der Waals surface area contributed by atoms with Gasteiger partial charge in [0.1, 0.15) is 0 Å². The zero-order chi connectivity index (χ0) is 12.3. The molecule has 3 heteroatoms. The second-order valence-electron chi connectivity index (χ2n) is 4.13. The smallest absolute Gasteiger partial charge is 0.234 e. The topological polar surface area (TPSA) is 46.2 Å². The average Bonchev–Trinajstić information content (AvgIpc) is 2.29. The van der Waals surface area contributed by atoms with E-state index in [0.29, 0.717) is 19.3 Å². The Morgan fingerprint density at radius 2 is 2.24 bits per heavy atom. The number of amides is 2. The summed E-state index contributed by atoms with van der Waals surface area (Å²) in [6.07, 6.45) is 6.79. The minimum atomic E-state index is -0.231. The maximum Gasteiger partial charge on any atom is 0.234 e. The fourth-order valence-electron chi connectivity index (χ4n) is 2.05. The number of nitrogens with one attached hydrogen (secondary N) is 1. The van der Waals surface area contributed by atoms with E-state index in [0.717, 1.165) is 11.1 Å². The first kappa shape index (κ1) is 11.4. The van der Waals surface area contributed by atoms with Crippen molar-refractivity contribution in [2.75, 3.05) is 0 Å². The summed E-state index contributed by atoms with van der Waals surface area (Å²) in [6, 6.07) is 7.68. The van der Waals surface area contributed by atoms with Gasteiger partial charge in [-0.25, -0.2) is 0 Å². The zero-order valence-corrected chi connectivity index (χ0v) is 9.40. The van der Waals surface area contributed by atoms with Gasteiger partial charge in [-0.2, -0.15) is 0 Å². The van der Waals surface area contributed by atoms with Gasteiger partial charge in [0.15, 0.2) is 0 Å². The molecule has 0 aromatic heterocycles. The highest BCUT2D eigenvalue weighted by Crippen LogP contribution is 2.25. The lowest BCUT2D eigenvalue weighted by atomic mass is 9.89. The van der Waals surface area contributed by atoms with Crippen LogP contribution in [0.2, 0.25) is 0 Å². The van der Waals surface area contributed by atoms with Gasteiger partial charge in [0.05, 0.1) is 5.92 Å². The van der Waals surface area contributed by atoms with E-state index in [4.69, 9.17) is 6.42 Å². The first-order valence-electron chi connectivity index (χ1n) is 5.56. The van der Waals surface area contributed by atoms with Crippen LogP contribution >= 0.6 is 0 Å². The monoisotopic (exact) mass is 227 g/mol. The first-order chi connectivity index (χ1) is 8.20. The van der Waals surface area contributed by atoms with E-state index >= 15 is 0 Å². The van der Waals surface area contributed by atoms with Crippen LogP contribution in [0.5, 0.6) is 0 Å². The molecule has 1 aliphatic rings. The van der Waals surface area contributed by atoms with Crippen LogP contribution in [-0.2, 0) is 16.0 Å². The Labute approximate surface area is 100 Å². The molecule has 0 bridgehead atoms. The van der Waals surface area contributed by atoms with Crippen LogP contribution < -0.4 is 5.32 Å². The van der Waals surface area contributed by atoms with Crippen molar-refractivity contribution in [2.45, 2.75) is 25.2 Å². The van der Waals surface area contributed by atoms with E-state index in [-0.39, 0.29) is 17.7 Å². The summed E-state index contributed by atoms with van der Waals surface area (Å²) in [6.45, 7) is 0. The number of carbonyl (C=O) groups excluding carboxylic acids is 2. The lowest BCUT2D eigenvalue weighted by Gasteiger charge is -2.21. The van der Waals surface area contributed by atoms with Crippen molar-refractivity contribution in [3.8, 4) is 12.3 Å². The molecule has 0 spiro atoms. The number of imide groups is 1. The molecule has 1 N–H and O–H groups in total. The largest absolute Gasteiger partial charge is 0.296 e. The van der Waals surface area contributed by atoms with E-state index in [2.05, 4.69) is 11.2 Å². The highest BCUT2D eigenvalue weighted by atomic mass is 16.2. The predicted octanol–water partition coefficient (Wildman–Crippen LogP) is 1.38. The third-order valence-electron chi connectivity index (χ3n) is 2.90. The molecule has 0 aliphatic carbocycles. The molecule has 0 saturated carbocycles. The normalized spacial score (nSPS) is 19.6. The van der Waals surface area contributed by atoms with Crippen molar-refractivity contribution in [1.29, 1.82) is 0 Å². The Morgan fingerprint density at radius 1 is 1.41 bits per heavy atom. The SMILES string of the molecule is C#CCc1cccc(C2CCC(=O)NC2=O)c1. The second-order valence-corrected chi connectivity index (χ2v) is 4.13. The third-order valence-corrected chi connectivity index (χ3v) is 2.90. The number of rotatable bonds is 2. The van der Waals surface area contributed by atoms with Crippen molar-refractivity contribution >= 4 is 11.8 Å². The van der Waals surface area contributed by atoms with Gasteiger partial charge in [0, 0.05) is 12.8 Å². The maximum atomic E-state index is 11.7. The number of terminal acetylenes is 1. The van der Waals surface area contributed by atoms with Crippen molar-refractivity contribution in [2.24, 2.45) is 0 Å². The molecule has 17 heavy (non-hydrogen) atoms. The summed E-state index contributed by atoms with van der Waals surface area (Å²) in [4.78, 5) is 22.8. The molecule has 1 heterocycles. The van der Waals surface area contributed by atoms with Gasteiger partial charge < -0.3 is 0 Å². The lowest BCUT2D eigenvalue weighted by molar-refractivity contribution is -0.134. The van der Waals surface area contributed by atoms with Crippen LogP contribution in [0.15, 0.2) is 24.3 Å². The second kappa shape index (κ2) is 4.84. The average molecular weight is 227 g/mol. The Bertz CT molecular complexity index is 499. The summed E-state index contributed by atoms with van der Waals surface area (Å²) in [5.41, 5.74) is 1.96. The Hall–Kier alpha value is -2.08. The van der Waals surface area contributed by atoms with Crippen molar-refractivity contribution < 1.29 is 9.59 Å². The number of carbonyl (C=O) groups is 2. The Balaban J connectivity index is 2.22. The number of benzene rings is 1. The van der Waals surface area contributed by atoms with Gasteiger partial charge in [-0.3, -0.25) is 14.9 Å². The maximum absolute atomic E-state index is 11.7. The van der Waals surface area contributed by atoms with Gasteiger partial charge >= 0.3 is 0 Å². The van der Waals surface area contributed by atoms with E-state index in [1.165, 1.54) is 0 Å². The van der Waals surface area contributed by atoms with Crippen LogP contribution in [0.1, 0.15) is 29.9 Å². The van der Waals surface area contributed by atoms with Crippen LogP contribution in [0.3, 0.4) is 0 Å². The fraction of sp³-hybridized carbons (Fsp3) is 0.286. The van der Waals surface area contributed by atoms with Gasteiger partial charge in [0.25, 0.3) is 0 Å². The Kier molecular flexibility index (Phi) is 3.24. The summed E-state index contributed by atoms with van der Waals surface area (Å²) in [5, 5.41) is 2.36. The van der Waals surface area contributed by atoms with Crippen LogP contribution in [0, 0.1) is 12.3 Å². The van der Waals surface area contributed by atoms with Gasteiger partial charge in [-0.1, -0.05) is 24.3 Å². The minimum absolute atomic E-state index is 0.189. The predicted molar refractivity (Wildman–Crippen MR) is 64.1 cm³/mol. The molecule has 2 rings (SSSR count). The Morgan fingerprint density at radius 3 is 2.94 bits per heavy atom. The van der Waals surface area contributed by atoms with Crippen molar-refractivity contribution in [3.63, 3.8) is 0 Å². The summed E-state index contributed by atoms with van der Waals surface area (Å²) < 4.78 is 0. The van der Waals surface area contributed by atoms with E-state index in [1.807, 2.05) is 24.3 Å². The summed E-state index contributed by atoms with van der Waals surface area (Å²) >= 11 is 0. The first-order valence-corrected chi connectivity index (χ1v) is 5.56. The van der Waals surface area contributed by atoms with Crippen molar-refractivity contribution in [3.05, 3.63) is 35.4 Å². The summed E-state index contributed by atoms with van der Waals surface area (Å²) in [5.74, 6) is 1.95. The van der Waals surface area contributed by atoms with Gasteiger partial charge in [-0.15, -0.1) is 12.3 Å². The highest BCUT2D eigenvalue weighted by molar-refractivity contribution is 6.00.